The number of benzene rings is 1. The molecule has 0 unspecified atom stereocenters. The minimum Gasteiger partial charge on any atom is -0.371 e. The summed E-state index contributed by atoms with van der Waals surface area (Å²) in [5.41, 5.74) is 1.22. The van der Waals surface area contributed by atoms with Crippen molar-refractivity contribution < 1.29 is 14.3 Å². The highest BCUT2D eigenvalue weighted by atomic mass is 16.5. The van der Waals surface area contributed by atoms with E-state index in [1.165, 1.54) is 5.56 Å². The molecule has 1 aliphatic carbocycles. The summed E-state index contributed by atoms with van der Waals surface area (Å²) in [5, 5.41) is 5.55. The van der Waals surface area contributed by atoms with Gasteiger partial charge < -0.3 is 15.4 Å². The molecular formula is C21H31N3O3. The number of nitrogens with zero attached hydrogens (tertiary/aromatic N) is 1. The zero-order valence-electron chi connectivity index (χ0n) is 16.0. The van der Waals surface area contributed by atoms with E-state index in [0.717, 1.165) is 64.8 Å². The Hall–Kier alpha value is -1.92. The van der Waals surface area contributed by atoms with Crippen LogP contribution in [0.15, 0.2) is 30.3 Å². The maximum atomic E-state index is 11.8. The number of carbonyl (C=O) groups excluding carboxylic acids is 2. The summed E-state index contributed by atoms with van der Waals surface area (Å²) < 4.78 is 5.89. The normalized spacial score (nSPS) is 21.1. The molecule has 27 heavy (non-hydrogen) atoms. The lowest BCUT2D eigenvalue weighted by Crippen LogP contribution is -2.44. The molecule has 2 amide bonds. The highest BCUT2D eigenvalue weighted by molar-refractivity contribution is 6.35. The first-order valence-electron chi connectivity index (χ1n) is 10.2. The van der Waals surface area contributed by atoms with E-state index in [9.17, 15) is 9.59 Å². The Morgan fingerprint density at radius 2 is 1.85 bits per heavy atom. The minimum absolute atomic E-state index is 0.138. The van der Waals surface area contributed by atoms with Crippen LogP contribution < -0.4 is 10.6 Å². The Balaban J connectivity index is 1.28. The standard InChI is InChI=1S/C21H31N3O3/c25-20(21(26)23-18-10-4-5-11-18)22-12-6-7-13-24-14-15-27-19(16-24)17-8-2-1-3-9-17/h1-3,8-9,18-19H,4-7,10-16H2,(H,22,25)(H,23,26)/t19-/m0/s1. The van der Waals surface area contributed by atoms with Crippen LogP contribution in [0.5, 0.6) is 0 Å². The molecule has 1 aromatic carbocycles. The van der Waals surface area contributed by atoms with Crippen molar-refractivity contribution in [3.63, 3.8) is 0 Å². The number of morpholine rings is 1. The Kier molecular flexibility index (Phi) is 7.66. The fourth-order valence-electron chi connectivity index (χ4n) is 3.84. The number of carbonyl (C=O) groups is 2. The predicted octanol–water partition coefficient (Wildman–Crippen LogP) is 2.02. The quantitative estimate of drug-likeness (QED) is 0.567. The Morgan fingerprint density at radius 3 is 2.63 bits per heavy atom. The fraction of sp³-hybridized carbons (Fsp3) is 0.619. The topological polar surface area (TPSA) is 70.7 Å². The van der Waals surface area contributed by atoms with Crippen LogP contribution in [0.3, 0.4) is 0 Å². The molecular weight excluding hydrogens is 342 g/mol. The first-order valence-corrected chi connectivity index (χ1v) is 10.2. The van der Waals surface area contributed by atoms with Crippen LogP contribution in [-0.4, -0.2) is 55.5 Å². The third-order valence-corrected chi connectivity index (χ3v) is 5.41. The zero-order valence-corrected chi connectivity index (χ0v) is 16.0. The Labute approximate surface area is 161 Å². The van der Waals surface area contributed by atoms with Gasteiger partial charge in [0.15, 0.2) is 0 Å². The molecule has 1 heterocycles. The van der Waals surface area contributed by atoms with Crippen LogP contribution in [0.4, 0.5) is 0 Å². The molecule has 2 fully saturated rings. The Bertz CT molecular complexity index is 602. The number of ether oxygens (including phenoxy) is 1. The maximum absolute atomic E-state index is 11.8. The van der Waals surface area contributed by atoms with Crippen LogP contribution in [-0.2, 0) is 14.3 Å². The van der Waals surface area contributed by atoms with Crippen molar-refractivity contribution in [2.45, 2.75) is 50.7 Å². The van der Waals surface area contributed by atoms with E-state index in [1.54, 1.807) is 0 Å². The zero-order chi connectivity index (χ0) is 18.9. The van der Waals surface area contributed by atoms with Gasteiger partial charge in [0.1, 0.15) is 0 Å². The predicted molar refractivity (Wildman–Crippen MR) is 104 cm³/mol. The third kappa shape index (κ3) is 6.33. The monoisotopic (exact) mass is 373 g/mol. The maximum Gasteiger partial charge on any atom is 0.309 e. The first-order chi connectivity index (χ1) is 13.2. The molecule has 2 N–H and O–H groups in total. The number of nitrogens with one attached hydrogen (secondary N) is 2. The lowest BCUT2D eigenvalue weighted by molar-refractivity contribution is -0.139. The number of amides is 2. The second kappa shape index (κ2) is 10.4. The van der Waals surface area contributed by atoms with Crippen LogP contribution in [0.2, 0.25) is 0 Å². The van der Waals surface area contributed by atoms with E-state index >= 15 is 0 Å². The van der Waals surface area contributed by atoms with Crippen LogP contribution in [0.25, 0.3) is 0 Å². The van der Waals surface area contributed by atoms with Crippen LogP contribution in [0, 0.1) is 0 Å². The molecule has 1 aromatic rings. The summed E-state index contributed by atoms with van der Waals surface area (Å²) in [6.45, 7) is 4.12. The minimum atomic E-state index is -0.502. The number of hydrogen-bond donors (Lipinski definition) is 2. The van der Waals surface area contributed by atoms with Crippen molar-refractivity contribution in [1.29, 1.82) is 0 Å². The SMILES string of the molecule is O=C(NCCCCN1CCO[C@H](c2ccccc2)C1)C(=O)NC1CCCC1. The first kappa shape index (κ1) is 19.8. The van der Waals surface area contributed by atoms with Crippen molar-refractivity contribution in [1.82, 2.24) is 15.5 Å². The van der Waals surface area contributed by atoms with Crippen LogP contribution >= 0.6 is 0 Å². The van der Waals surface area contributed by atoms with E-state index in [4.69, 9.17) is 4.74 Å². The highest BCUT2D eigenvalue weighted by Gasteiger charge is 2.22. The third-order valence-electron chi connectivity index (χ3n) is 5.41. The molecule has 148 valence electrons. The molecule has 1 aliphatic heterocycles. The summed E-state index contributed by atoms with van der Waals surface area (Å²) in [4.78, 5) is 26.1. The molecule has 1 saturated carbocycles. The molecule has 0 aromatic heterocycles. The van der Waals surface area contributed by atoms with Gasteiger partial charge in [-0.25, -0.2) is 0 Å². The van der Waals surface area contributed by atoms with Gasteiger partial charge in [0, 0.05) is 25.7 Å². The Morgan fingerprint density at radius 1 is 1.07 bits per heavy atom. The van der Waals surface area contributed by atoms with E-state index in [1.807, 2.05) is 18.2 Å². The molecule has 1 saturated heterocycles. The van der Waals surface area contributed by atoms with Gasteiger partial charge in [0.25, 0.3) is 0 Å². The summed E-state index contributed by atoms with van der Waals surface area (Å²) in [6, 6.07) is 10.5. The van der Waals surface area contributed by atoms with Gasteiger partial charge in [0.05, 0.1) is 12.7 Å². The number of unbranched alkanes of at least 4 members (excludes halogenated alkanes) is 1. The smallest absolute Gasteiger partial charge is 0.309 e. The van der Waals surface area contributed by atoms with E-state index in [2.05, 4.69) is 27.7 Å². The van der Waals surface area contributed by atoms with Crippen molar-refractivity contribution in [2.75, 3.05) is 32.8 Å². The molecule has 1 atom stereocenters. The van der Waals surface area contributed by atoms with E-state index < -0.39 is 11.8 Å². The van der Waals surface area contributed by atoms with Crippen molar-refractivity contribution >= 4 is 11.8 Å². The molecule has 3 rings (SSSR count). The summed E-state index contributed by atoms with van der Waals surface area (Å²) in [6.07, 6.45) is 6.25. The van der Waals surface area contributed by atoms with Gasteiger partial charge in [-0.05, 0) is 37.8 Å². The second-order valence-corrected chi connectivity index (χ2v) is 7.49. The molecule has 0 bridgehead atoms. The average Bonchev–Trinajstić information content (AvgIpc) is 3.21. The van der Waals surface area contributed by atoms with Gasteiger partial charge in [0.2, 0.25) is 0 Å². The summed E-state index contributed by atoms with van der Waals surface area (Å²) in [5.74, 6) is -0.988. The lowest BCUT2D eigenvalue weighted by atomic mass is 10.1. The van der Waals surface area contributed by atoms with Gasteiger partial charge in [-0.2, -0.15) is 0 Å². The van der Waals surface area contributed by atoms with Gasteiger partial charge in [-0.15, -0.1) is 0 Å². The largest absolute Gasteiger partial charge is 0.371 e. The van der Waals surface area contributed by atoms with E-state index in [-0.39, 0.29) is 12.1 Å². The van der Waals surface area contributed by atoms with Crippen molar-refractivity contribution in [3.05, 3.63) is 35.9 Å². The number of hydrogen-bond acceptors (Lipinski definition) is 4. The molecule has 0 spiro atoms. The van der Waals surface area contributed by atoms with Crippen molar-refractivity contribution in [3.8, 4) is 0 Å². The molecule has 0 radical (unpaired) electrons. The molecule has 6 nitrogen and oxygen atoms in total. The molecule has 6 heteroatoms. The van der Waals surface area contributed by atoms with Gasteiger partial charge in [-0.3, -0.25) is 14.5 Å². The molecule has 2 aliphatic rings. The summed E-state index contributed by atoms with van der Waals surface area (Å²) in [7, 11) is 0. The van der Waals surface area contributed by atoms with Crippen LogP contribution in [0.1, 0.15) is 50.2 Å². The summed E-state index contributed by atoms with van der Waals surface area (Å²) >= 11 is 0. The van der Waals surface area contributed by atoms with Gasteiger partial charge in [-0.1, -0.05) is 43.2 Å². The lowest BCUT2D eigenvalue weighted by Gasteiger charge is -2.33. The fourth-order valence-corrected chi connectivity index (χ4v) is 3.84. The second-order valence-electron chi connectivity index (χ2n) is 7.49. The van der Waals surface area contributed by atoms with E-state index in [0.29, 0.717) is 6.54 Å². The number of rotatable bonds is 7. The average molecular weight is 373 g/mol. The highest BCUT2D eigenvalue weighted by Crippen LogP contribution is 2.22. The van der Waals surface area contributed by atoms with Gasteiger partial charge >= 0.3 is 11.8 Å². The van der Waals surface area contributed by atoms with Crippen molar-refractivity contribution in [2.24, 2.45) is 0 Å².